The first-order valence-electron chi connectivity index (χ1n) is 4.98. The van der Waals surface area contributed by atoms with Gasteiger partial charge in [0.15, 0.2) is 0 Å². The van der Waals surface area contributed by atoms with Crippen LogP contribution in [0.1, 0.15) is 34.1 Å². The van der Waals surface area contributed by atoms with Crippen molar-refractivity contribution in [1.29, 1.82) is 0 Å². The molecule has 0 aliphatic carbocycles. The molecule has 12 heavy (non-hydrogen) atoms. The Kier molecular flexibility index (Phi) is 7.17. The van der Waals surface area contributed by atoms with E-state index >= 15 is 0 Å². The van der Waals surface area contributed by atoms with E-state index in [1.54, 1.807) is 0 Å². The average molecular weight is 169 g/mol. The van der Waals surface area contributed by atoms with Crippen molar-refractivity contribution in [2.45, 2.75) is 34.1 Å². The number of rotatable bonds is 6. The van der Waals surface area contributed by atoms with Crippen LogP contribution in [0.15, 0.2) is 12.2 Å². The van der Waals surface area contributed by atoms with Gasteiger partial charge in [-0.25, -0.2) is 0 Å². The number of allylic oxidation sites excluding steroid dienone is 1. The summed E-state index contributed by atoms with van der Waals surface area (Å²) >= 11 is 0. The Labute approximate surface area is 77.2 Å². The Balaban J connectivity index is 3.13. The van der Waals surface area contributed by atoms with Crippen LogP contribution in [0.3, 0.4) is 0 Å². The molecule has 72 valence electrons. The van der Waals surface area contributed by atoms with E-state index in [0.717, 1.165) is 24.9 Å². The lowest BCUT2D eigenvalue weighted by Crippen LogP contribution is -2.19. The zero-order chi connectivity index (χ0) is 9.40. The van der Waals surface area contributed by atoms with Gasteiger partial charge < -0.3 is 5.32 Å². The van der Waals surface area contributed by atoms with Crippen LogP contribution >= 0.6 is 0 Å². The largest absolute Gasteiger partial charge is 0.313 e. The second kappa shape index (κ2) is 7.35. The van der Waals surface area contributed by atoms with Gasteiger partial charge in [0, 0.05) is 6.54 Å². The van der Waals surface area contributed by atoms with E-state index in [0.29, 0.717) is 0 Å². The maximum Gasteiger partial charge on any atom is 0.0135 e. The molecule has 0 aliphatic heterocycles. The van der Waals surface area contributed by atoms with Gasteiger partial charge in [0.2, 0.25) is 0 Å². The van der Waals surface area contributed by atoms with Crippen LogP contribution < -0.4 is 5.32 Å². The quantitative estimate of drug-likeness (QED) is 0.476. The van der Waals surface area contributed by atoms with Crippen molar-refractivity contribution in [3.63, 3.8) is 0 Å². The number of hydrogen-bond acceptors (Lipinski definition) is 1. The predicted molar refractivity (Wildman–Crippen MR) is 56.3 cm³/mol. The van der Waals surface area contributed by atoms with Gasteiger partial charge >= 0.3 is 0 Å². The second-order valence-corrected chi connectivity index (χ2v) is 4.15. The van der Waals surface area contributed by atoms with Crippen molar-refractivity contribution >= 4 is 0 Å². The summed E-state index contributed by atoms with van der Waals surface area (Å²) in [5, 5.41) is 3.37. The lowest BCUT2D eigenvalue weighted by atomic mass is 10.1. The van der Waals surface area contributed by atoms with Crippen molar-refractivity contribution < 1.29 is 0 Å². The van der Waals surface area contributed by atoms with Crippen LogP contribution in [0.5, 0.6) is 0 Å². The highest BCUT2D eigenvalue weighted by molar-refractivity contribution is 4.84. The zero-order valence-corrected chi connectivity index (χ0v) is 8.93. The lowest BCUT2D eigenvalue weighted by molar-refractivity contribution is 0.576. The fourth-order valence-electron chi connectivity index (χ4n) is 0.907. The highest BCUT2D eigenvalue weighted by Crippen LogP contribution is 1.98. The van der Waals surface area contributed by atoms with Gasteiger partial charge in [0.05, 0.1) is 0 Å². The second-order valence-electron chi connectivity index (χ2n) is 4.15. The zero-order valence-electron chi connectivity index (χ0n) is 8.93. The molecule has 0 heterocycles. The van der Waals surface area contributed by atoms with Gasteiger partial charge in [-0.3, -0.25) is 0 Å². The molecule has 0 aromatic heterocycles. The van der Waals surface area contributed by atoms with E-state index in [2.05, 4.69) is 45.2 Å². The van der Waals surface area contributed by atoms with E-state index in [4.69, 9.17) is 0 Å². The molecule has 0 bridgehead atoms. The Morgan fingerprint density at radius 2 is 1.67 bits per heavy atom. The first-order valence-corrected chi connectivity index (χ1v) is 4.98. The van der Waals surface area contributed by atoms with Gasteiger partial charge in [-0.15, -0.1) is 0 Å². The van der Waals surface area contributed by atoms with Gasteiger partial charge in [0.25, 0.3) is 0 Å². The molecule has 0 aromatic carbocycles. The van der Waals surface area contributed by atoms with E-state index in [-0.39, 0.29) is 0 Å². The molecule has 1 nitrogen and oxygen atoms in total. The summed E-state index contributed by atoms with van der Waals surface area (Å²) < 4.78 is 0. The first-order chi connectivity index (χ1) is 5.63. The van der Waals surface area contributed by atoms with Crippen molar-refractivity contribution in [3.8, 4) is 0 Å². The van der Waals surface area contributed by atoms with Crippen molar-refractivity contribution in [1.82, 2.24) is 5.32 Å². The molecule has 0 saturated carbocycles. The molecule has 0 fully saturated rings. The van der Waals surface area contributed by atoms with Gasteiger partial charge in [-0.1, -0.05) is 39.8 Å². The smallest absolute Gasteiger partial charge is 0.0135 e. The van der Waals surface area contributed by atoms with E-state index in [9.17, 15) is 0 Å². The van der Waals surface area contributed by atoms with Crippen LogP contribution in [0.2, 0.25) is 0 Å². The van der Waals surface area contributed by atoms with E-state index < -0.39 is 0 Å². The topological polar surface area (TPSA) is 12.0 Å². The third-order valence-corrected chi connectivity index (χ3v) is 1.59. The highest BCUT2D eigenvalue weighted by Gasteiger charge is 1.90. The maximum atomic E-state index is 3.37. The van der Waals surface area contributed by atoms with Crippen LogP contribution in [0.4, 0.5) is 0 Å². The van der Waals surface area contributed by atoms with Crippen molar-refractivity contribution in [2.24, 2.45) is 11.8 Å². The molecule has 0 spiro atoms. The van der Waals surface area contributed by atoms with Gasteiger partial charge in [-0.05, 0) is 24.8 Å². The standard InChI is InChI=1S/C11H23N/c1-10(2)7-5-6-8-12-9-11(3)4/h5-6,10-12H,7-9H2,1-4H3/b6-5-. The molecule has 0 aliphatic rings. The van der Waals surface area contributed by atoms with Crippen LogP contribution in [-0.4, -0.2) is 13.1 Å². The molecule has 0 unspecified atom stereocenters. The fraction of sp³-hybridized carbons (Fsp3) is 0.818. The Hall–Kier alpha value is -0.300. The minimum absolute atomic E-state index is 0.753. The van der Waals surface area contributed by atoms with Crippen molar-refractivity contribution in [3.05, 3.63) is 12.2 Å². The molecule has 1 heteroatoms. The number of hydrogen-bond donors (Lipinski definition) is 1. The Morgan fingerprint density at radius 1 is 1.00 bits per heavy atom. The molecule has 0 amide bonds. The monoisotopic (exact) mass is 169 g/mol. The molecule has 0 radical (unpaired) electrons. The highest BCUT2D eigenvalue weighted by atomic mass is 14.8. The first kappa shape index (κ1) is 11.7. The maximum absolute atomic E-state index is 3.37. The van der Waals surface area contributed by atoms with E-state index in [1.807, 2.05) is 0 Å². The Morgan fingerprint density at radius 3 is 2.17 bits per heavy atom. The third kappa shape index (κ3) is 9.70. The Bertz CT molecular complexity index is 114. The van der Waals surface area contributed by atoms with Crippen molar-refractivity contribution in [2.75, 3.05) is 13.1 Å². The summed E-state index contributed by atoms with van der Waals surface area (Å²) in [7, 11) is 0. The van der Waals surface area contributed by atoms with Gasteiger partial charge in [0.1, 0.15) is 0 Å². The number of nitrogens with one attached hydrogen (secondary N) is 1. The summed E-state index contributed by atoms with van der Waals surface area (Å²) in [5.41, 5.74) is 0. The SMILES string of the molecule is CC(C)C/C=C\CNCC(C)C. The molecule has 0 saturated heterocycles. The summed E-state index contributed by atoms with van der Waals surface area (Å²) in [4.78, 5) is 0. The van der Waals surface area contributed by atoms with E-state index in [1.165, 1.54) is 6.42 Å². The molecule has 1 N–H and O–H groups in total. The third-order valence-electron chi connectivity index (χ3n) is 1.59. The van der Waals surface area contributed by atoms with Crippen LogP contribution in [0.25, 0.3) is 0 Å². The summed E-state index contributed by atoms with van der Waals surface area (Å²) in [5.74, 6) is 1.54. The molecule has 0 aromatic rings. The van der Waals surface area contributed by atoms with Crippen LogP contribution in [-0.2, 0) is 0 Å². The summed E-state index contributed by atoms with van der Waals surface area (Å²) in [6, 6.07) is 0. The van der Waals surface area contributed by atoms with Crippen LogP contribution in [0, 0.1) is 11.8 Å². The lowest BCUT2D eigenvalue weighted by Gasteiger charge is -2.03. The summed E-state index contributed by atoms with van der Waals surface area (Å²) in [6.45, 7) is 11.1. The average Bonchev–Trinajstić information content (AvgIpc) is 1.95. The molecule has 0 rings (SSSR count). The minimum atomic E-state index is 0.753. The normalized spacial score (nSPS) is 12.2. The van der Waals surface area contributed by atoms with Gasteiger partial charge in [-0.2, -0.15) is 0 Å². The molecular weight excluding hydrogens is 146 g/mol. The minimum Gasteiger partial charge on any atom is -0.313 e. The molecule has 0 atom stereocenters. The molecular formula is C11H23N. The predicted octanol–water partition coefficient (Wildman–Crippen LogP) is 2.83. The fourth-order valence-corrected chi connectivity index (χ4v) is 0.907. The summed E-state index contributed by atoms with van der Waals surface area (Å²) in [6.07, 6.45) is 5.68.